The molecule has 8 nitrogen and oxygen atoms in total. The largest absolute Gasteiger partial charge is 0.284 e. The lowest BCUT2D eigenvalue weighted by molar-refractivity contribution is 0.527. The molecule has 0 aliphatic rings. The number of aromatic nitrogens is 4. The van der Waals surface area contributed by atoms with E-state index in [2.05, 4.69) is 9.97 Å². The summed E-state index contributed by atoms with van der Waals surface area (Å²) in [6, 6.07) is 17.8. The Morgan fingerprint density at radius 3 is 1.50 bits per heavy atom. The molecule has 0 radical (unpaired) electrons. The van der Waals surface area contributed by atoms with Crippen LogP contribution in [0.5, 0.6) is 0 Å². The summed E-state index contributed by atoms with van der Waals surface area (Å²) in [4.78, 5) is 34.0. The molecule has 4 rings (SSSR count). The van der Waals surface area contributed by atoms with E-state index < -0.39 is 0 Å². The maximum atomic E-state index is 12.7. The lowest BCUT2D eigenvalue weighted by Crippen LogP contribution is -2.26. The minimum atomic E-state index is -0.264. The highest BCUT2D eigenvalue weighted by molar-refractivity contribution is 5.78. The molecule has 4 aromatic rings. The summed E-state index contributed by atoms with van der Waals surface area (Å²) in [5, 5.41) is 19.7. The SMILES string of the molecule is N#Cc1nc2ccccc2c(=O)n1CCCCn1c(C#N)nc2ccccc2c1=O. The fourth-order valence-electron chi connectivity index (χ4n) is 3.46. The zero-order chi connectivity index (χ0) is 21.1. The predicted octanol–water partition coefficient (Wildman–Crippen LogP) is 2.33. The molecule has 0 spiro atoms. The molecule has 0 bridgehead atoms. The summed E-state index contributed by atoms with van der Waals surface area (Å²) in [6.45, 7) is 0.578. The Hall–Kier alpha value is -4.30. The summed E-state index contributed by atoms with van der Waals surface area (Å²) in [7, 11) is 0. The third-order valence-corrected chi connectivity index (χ3v) is 4.94. The lowest BCUT2D eigenvalue weighted by atomic mass is 10.2. The van der Waals surface area contributed by atoms with Crippen LogP contribution in [-0.4, -0.2) is 19.1 Å². The Labute approximate surface area is 170 Å². The predicted molar refractivity (Wildman–Crippen MR) is 111 cm³/mol. The van der Waals surface area contributed by atoms with Crippen LogP contribution in [0.4, 0.5) is 0 Å². The first-order valence-corrected chi connectivity index (χ1v) is 9.43. The average molecular weight is 396 g/mol. The molecule has 0 aliphatic heterocycles. The number of nitriles is 2. The smallest absolute Gasteiger partial charge is 0.262 e. The van der Waals surface area contributed by atoms with E-state index in [1.54, 1.807) is 48.5 Å². The molecule has 0 atom stereocenters. The van der Waals surface area contributed by atoms with Crippen molar-refractivity contribution >= 4 is 21.8 Å². The van der Waals surface area contributed by atoms with Crippen LogP contribution >= 0.6 is 0 Å². The topological polar surface area (TPSA) is 117 Å². The molecule has 0 aliphatic carbocycles. The number of unbranched alkanes of at least 4 members (excludes halogenated alkanes) is 1. The van der Waals surface area contributed by atoms with Crippen LogP contribution in [0.25, 0.3) is 21.8 Å². The molecular weight excluding hydrogens is 380 g/mol. The van der Waals surface area contributed by atoms with E-state index in [4.69, 9.17) is 0 Å². The minimum Gasteiger partial charge on any atom is -0.284 e. The molecule has 2 aromatic carbocycles. The van der Waals surface area contributed by atoms with Gasteiger partial charge in [-0.25, -0.2) is 9.97 Å². The van der Waals surface area contributed by atoms with Crippen LogP contribution in [-0.2, 0) is 13.1 Å². The number of para-hydroxylation sites is 2. The number of nitrogens with zero attached hydrogens (tertiary/aromatic N) is 6. The second-order valence-electron chi connectivity index (χ2n) is 6.75. The van der Waals surface area contributed by atoms with Gasteiger partial charge in [0.05, 0.1) is 21.8 Å². The number of hydrogen-bond acceptors (Lipinski definition) is 6. The molecule has 0 amide bonds. The highest BCUT2D eigenvalue weighted by Crippen LogP contribution is 2.10. The van der Waals surface area contributed by atoms with Crippen LogP contribution in [0.2, 0.25) is 0 Å². The highest BCUT2D eigenvalue weighted by Gasteiger charge is 2.12. The molecule has 146 valence electrons. The van der Waals surface area contributed by atoms with Gasteiger partial charge in [0.15, 0.2) is 0 Å². The second kappa shape index (κ2) is 7.98. The monoisotopic (exact) mass is 396 g/mol. The molecule has 2 aromatic heterocycles. The second-order valence-corrected chi connectivity index (χ2v) is 6.75. The molecule has 8 heteroatoms. The molecule has 0 N–H and O–H groups in total. The zero-order valence-corrected chi connectivity index (χ0v) is 15.9. The molecule has 2 heterocycles. The standard InChI is InChI=1S/C22H16N6O2/c23-13-19-25-17-9-3-1-7-15(17)21(29)27(19)11-5-6-12-28-20(14-24)26-18-10-4-2-8-16(18)22(28)30/h1-4,7-10H,5-6,11-12H2. The van der Waals surface area contributed by atoms with Crippen molar-refractivity contribution in [3.63, 3.8) is 0 Å². The van der Waals surface area contributed by atoms with Crippen molar-refractivity contribution in [2.24, 2.45) is 0 Å². The first kappa shape index (κ1) is 19.0. The number of hydrogen-bond donors (Lipinski definition) is 0. The quantitative estimate of drug-likeness (QED) is 0.478. The minimum absolute atomic E-state index is 0.0564. The summed E-state index contributed by atoms with van der Waals surface area (Å²) >= 11 is 0. The van der Waals surface area contributed by atoms with E-state index in [0.29, 0.717) is 34.6 Å². The van der Waals surface area contributed by atoms with Crippen molar-refractivity contribution in [1.82, 2.24) is 19.1 Å². The molecular formula is C22H16N6O2. The summed E-state index contributed by atoms with van der Waals surface area (Å²) in [5.41, 5.74) is 0.448. The van der Waals surface area contributed by atoms with Gasteiger partial charge in [0.2, 0.25) is 11.6 Å². The number of rotatable bonds is 5. The first-order chi connectivity index (χ1) is 14.6. The number of fused-ring (bicyclic) bond motifs is 2. The maximum Gasteiger partial charge on any atom is 0.262 e. The highest BCUT2D eigenvalue weighted by atomic mass is 16.1. The lowest BCUT2D eigenvalue weighted by Gasteiger charge is -2.11. The van der Waals surface area contributed by atoms with Crippen LogP contribution in [0, 0.1) is 22.7 Å². The van der Waals surface area contributed by atoms with Crippen LogP contribution < -0.4 is 11.1 Å². The Balaban J connectivity index is 1.57. The van der Waals surface area contributed by atoms with Gasteiger partial charge >= 0.3 is 0 Å². The van der Waals surface area contributed by atoms with Gasteiger partial charge in [-0.2, -0.15) is 10.5 Å². The van der Waals surface area contributed by atoms with E-state index in [1.807, 2.05) is 12.1 Å². The van der Waals surface area contributed by atoms with Gasteiger partial charge in [-0.3, -0.25) is 18.7 Å². The van der Waals surface area contributed by atoms with Crippen molar-refractivity contribution in [1.29, 1.82) is 10.5 Å². The normalized spacial score (nSPS) is 10.7. The van der Waals surface area contributed by atoms with Crippen LogP contribution in [0.1, 0.15) is 24.5 Å². The van der Waals surface area contributed by atoms with Crippen molar-refractivity contribution in [3.8, 4) is 12.1 Å². The zero-order valence-electron chi connectivity index (χ0n) is 15.9. The third-order valence-electron chi connectivity index (χ3n) is 4.94. The van der Waals surface area contributed by atoms with E-state index >= 15 is 0 Å². The molecule has 0 unspecified atom stereocenters. The van der Waals surface area contributed by atoms with Crippen LogP contribution in [0.15, 0.2) is 58.1 Å². The molecule has 30 heavy (non-hydrogen) atoms. The Kier molecular flexibility index (Phi) is 5.06. The fraction of sp³-hybridized carbons (Fsp3) is 0.182. The van der Waals surface area contributed by atoms with E-state index in [0.717, 1.165) is 0 Å². The Bertz CT molecular complexity index is 1360. The summed E-state index contributed by atoms with van der Waals surface area (Å²) in [6.07, 6.45) is 1.05. The van der Waals surface area contributed by atoms with E-state index in [9.17, 15) is 20.1 Å². The van der Waals surface area contributed by atoms with E-state index in [1.165, 1.54) is 9.13 Å². The van der Waals surface area contributed by atoms with Crippen LogP contribution in [0.3, 0.4) is 0 Å². The van der Waals surface area contributed by atoms with Crippen molar-refractivity contribution in [3.05, 3.63) is 80.9 Å². The molecule has 0 saturated heterocycles. The molecule has 0 fully saturated rings. The van der Waals surface area contributed by atoms with Gasteiger partial charge in [-0.15, -0.1) is 0 Å². The molecule has 0 saturated carbocycles. The first-order valence-electron chi connectivity index (χ1n) is 9.43. The van der Waals surface area contributed by atoms with E-state index in [-0.39, 0.29) is 35.9 Å². The summed E-state index contributed by atoms with van der Waals surface area (Å²) < 4.78 is 2.71. The third kappa shape index (κ3) is 3.31. The van der Waals surface area contributed by atoms with Gasteiger partial charge in [-0.05, 0) is 37.1 Å². The van der Waals surface area contributed by atoms with Gasteiger partial charge in [0, 0.05) is 13.1 Å². The Morgan fingerprint density at radius 1 is 0.700 bits per heavy atom. The van der Waals surface area contributed by atoms with Crippen molar-refractivity contribution in [2.45, 2.75) is 25.9 Å². The Morgan fingerprint density at radius 2 is 1.10 bits per heavy atom. The van der Waals surface area contributed by atoms with Gasteiger partial charge < -0.3 is 0 Å². The summed E-state index contributed by atoms with van der Waals surface area (Å²) in [5.74, 6) is 0.113. The number of benzene rings is 2. The fourth-order valence-corrected chi connectivity index (χ4v) is 3.46. The van der Waals surface area contributed by atoms with Crippen molar-refractivity contribution < 1.29 is 0 Å². The van der Waals surface area contributed by atoms with Crippen molar-refractivity contribution in [2.75, 3.05) is 0 Å². The van der Waals surface area contributed by atoms with Gasteiger partial charge in [0.1, 0.15) is 12.1 Å². The van der Waals surface area contributed by atoms with Gasteiger partial charge in [0.25, 0.3) is 11.1 Å². The maximum absolute atomic E-state index is 12.7. The average Bonchev–Trinajstić information content (AvgIpc) is 2.78. The van der Waals surface area contributed by atoms with Gasteiger partial charge in [-0.1, -0.05) is 24.3 Å².